The first-order valence-corrected chi connectivity index (χ1v) is 9.97. The molecule has 3 rings (SSSR count). The van der Waals surface area contributed by atoms with Gasteiger partial charge in [-0.3, -0.25) is 4.79 Å². The van der Waals surface area contributed by atoms with Crippen LogP contribution in [0.1, 0.15) is 54.9 Å². The first-order chi connectivity index (χ1) is 13.7. The number of amides is 1. The van der Waals surface area contributed by atoms with Crippen molar-refractivity contribution in [2.24, 2.45) is 0 Å². The summed E-state index contributed by atoms with van der Waals surface area (Å²) in [6, 6.07) is 14.5. The van der Waals surface area contributed by atoms with Crippen LogP contribution in [0.4, 0.5) is 5.69 Å². The Labute approximate surface area is 166 Å². The van der Waals surface area contributed by atoms with E-state index in [2.05, 4.69) is 12.2 Å². The van der Waals surface area contributed by atoms with Gasteiger partial charge in [-0.2, -0.15) is 0 Å². The molecule has 0 heterocycles. The SMILES string of the molecule is CCc1ccccc1NC(=O)c1ccc(OCC(=O)OC2CCCCC2)cc1. The number of carbonyl (C=O) groups is 2. The third-order valence-corrected chi connectivity index (χ3v) is 4.97. The summed E-state index contributed by atoms with van der Waals surface area (Å²) in [5.41, 5.74) is 2.44. The van der Waals surface area contributed by atoms with E-state index in [1.807, 2.05) is 24.3 Å². The van der Waals surface area contributed by atoms with Crippen LogP contribution in [0.2, 0.25) is 0 Å². The van der Waals surface area contributed by atoms with Crippen molar-refractivity contribution in [1.29, 1.82) is 0 Å². The lowest BCUT2D eigenvalue weighted by Gasteiger charge is -2.21. The van der Waals surface area contributed by atoms with Crippen LogP contribution in [-0.4, -0.2) is 24.6 Å². The highest BCUT2D eigenvalue weighted by Gasteiger charge is 2.18. The van der Waals surface area contributed by atoms with Gasteiger partial charge in [0.1, 0.15) is 11.9 Å². The minimum Gasteiger partial charge on any atom is -0.482 e. The molecule has 0 radical (unpaired) electrons. The molecule has 2 aromatic carbocycles. The molecule has 1 aliphatic rings. The molecule has 0 aliphatic heterocycles. The average Bonchev–Trinajstić information content (AvgIpc) is 2.73. The number of nitrogens with one attached hydrogen (secondary N) is 1. The lowest BCUT2D eigenvalue weighted by molar-refractivity contribution is -0.152. The van der Waals surface area contributed by atoms with Crippen LogP contribution in [0.25, 0.3) is 0 Å². The van der Waals surface area contributed by atoms with Crippen LogP contribution < -0.4 is 10.1 Å². The van der Waals surface area contributed by atoms with Crippen LogP contribution in [-0.2, 0) is 16.0 Å². The summed E-state index contributed by atoms with van der Waals surface area (Å²) in [6.45, 7) is 1.93. The number of ether oxygens (including phenoxy) is 2. The fourth-order valence-electron chi connectivity index (χ4n) is 3.39. The molecule has 0 bridgehead atoms. The number of benzene rings is 2. The third-order valence-electron chi connectivity index (χ3n) is 4.97. The first-order valence-electron chi connectivity index (χ1n) is 9.97. The topological polar surface area (TPSA) is 64.6 Å². The summed E-state index contributed by atoms with van der Waals surface area (Å²) in [7, 11) is 0. The Hall–Kier alpha value is -2.82. The fourth-order valence-corrected chi connectivity index (χ4v) is 3.39. The number of hydrogen-bond acceptors (Lipinski definition) is 4. The Morgan fingerprint density at radius 2 is 1.71 bits per heavy atom. The van der Waals surface area contributed by atoms with E-state index in [1.54, 1.807) is 24.3 Å². The maximum atomic E-state index is 12.5. The molecule has 1 aliphatic carbocycles. The van der Waals surface area contributed by atoms with Crippen molar-refractivity contribution < 1.29 is 19.1 Å². The normalized spacial score (nSPS) is 14.3. The van der Waals surface area contributed by atoms with E-state index in [0.29, 0.717) is 11.3 Å². The monoisotopic (exact) mass is 381 g/mol. The van der Waals surface area contributed by atoms with Crippen molar-refractivity contribution in [2.75, 3.05) is 11.9 Å². The molecule has 1 fully saturated rings. The van der Waals surface area contributed by atoms with Gasteiger partial charge in [-0.15, -0.1) is 0 Å². The van der Waals surface area contributed by atoms with Crippen molar-refractivity contribution in [3.8, 4) is 5.75 Å². The molecule has 0 spiro atoms. The second-order valence-electron chi connectivity index (χ2n) is 7.03. The van der Waals surface area contributed by atoms with Gasteiger partial charge in [0, 0.05) is 11.3 Å². The quantitative estimate of drug-likeness (QED) is 0.703. The average molecular weight is 381 g/mol. The van der Waals surface area contributed by atoms with Crippen LogP contribution >= 0.6 is 0 Å². The summed E-state index contributed by atoms with van der Waals surface area (Å²) in [5, 5.41) is 2.94. The molecule has 0 saturated heterocycles. The van der Waals surface area contributed by atoms with Gasteiger partial charge >= 0.3 is 5.97 Å². The smallest absolute Gasteiger partial charge is 0.344 e. The molecule has 1 saturated carbocycles. The summed E-state index contributed by atoms with van der Waals surface area (Å²) in [5.74, 6) is 0.0140. The first kappa shape index (κ1) is 19.9. The Bertz CT molecular complexity index is 795. The number of carbonyl (C=O) groups excluding carboxylic acids is 2. The largest absolute Gasteiger partial charge is 0.482 e. The standard InChI is InChI=1S/C23H27NO4/c1-2-17-8-6-7-11-21(17)24-23(26)18-12-14-19(15-13-18)27-16-22(25)28-20-9-4-3-5-10-20/h6-8,11-15,20H,2-5,9-10,16H2,1H3,(H,24,26). The maximum absolute atomic E-state index is 12.5. The molecule has 2 aromatic rings. The van der Waals surface area contributed by atoms with Crippen molar-refractivity contribution in [1.82, 2.24) is 0 Å². The Morgan fingerprint density at radius 3 is 2.43 bits per heavy atom. The minimum atomic E-state index is -0.343. The van der Waals surface area contributed by atoms with E-state index in [1.165, 1.54) is 6.42 Å². The molecule has 28 heavy (non-hydrogen) atoms. The number of esters is 1. The third kappa shape index (κ3) is 5.59. The summed E-state index contributed by atoms with van der Waals surface area (Å²) >= 11 is 0. The van der Waals surface area contributed by atoms with Gasteiger partial charge in [0.15, 0.2) is 6.61 Å². The molecular formula is C23H27NO4. The molecule has 1 N–H and O–H groups in total. The maximum Gasteiger partial charge on any atom is 0.344 e. The highest BCUT2D eigenvalue weighted by molar-refractivity contribution is 6.04. The highest BCUT2D eigenvalue weighted by atomic mass is 16.6. The van der Waals surface area contributed by atoms with Gasteiger partial charge in [-0.25, -0.2) is 4.79 Å². The van der Waals surface area contributed by atoms with E-state index >= 15 is 0 Å². The molecule has 148 valence electrons. The zero-order valence-electron chi connectivity index (χ0n) is 16.3. The van der Waals surface area contributed by atoms with Crippen molar-refractivity contribution in [3.63, 3.8) is 0 Å². The highest BCUT2D eigenvalue weighted by Crippen LogP contribution is 2.21. The number of para-hydroxylation sites is 1. The molecule has 0 atom stereocenters. The molecule has 5 heteroatoms. The van der Waals surface area contributed by atoms with Gasteiger partial charge in [0.25, 0.3) is 5.91 Å². The van der Waals surface area contributed by atoms with Crippen molar-refractivity contribution >= 4 is 17.6 Å². The molecular weight excluding hydrogens is 354 g/mol. The lowest BCUT2D eigenvalue weighted by atomic mass is 9.98. The van der Waals surface area contributed by atoms with Crippen LogP contribution in [0.3, 0.4) is 0 Å². The predicted molar refractivity (Wildman–Crippen MR) is 109 cm³/mol. The van der Waals surface area contributed by atoms with E-state index in [0.717, 1.165) is 43.4 Å². The van der Waals surface area contributed by atoms with E-state index in [4.69, 9.17) is 9.47 Å². The van der Waals surface area contributed by atoms with Crippen molar-refractivity contribution in [3.05, 3.63) is 59.7 Å². The fraction of sp³-hybridized carbons (Fsp3) is 0.391. The predicted octanol–water partition coefficient (Wildman–Crippen LogP) is 4.76. The molecule has 1 amide bonds. The summed E-state index contributed by atoms with van der Waals surface area (Å²) in [6.07, 6.45) is 6.21. The van der Waals surface area contributed by atoms with E-state index < -0.39 is 0 Å². The number of rotatable bonds is 7. The second kappa shape index (κ2) is 9.93. The Balaban J connectivity index is 1.50. The lowest BCUT2D eigenvalue weighted by Crippen LogP contribution is -2.24. The number of aryl methyl sites for hydroxylation is 1. The van der Waals surface area contributed by atoms with Gasteiger partial charge in [-0.05, 0) is 68.0 Å². The molecule has 0 aromatic heterocycles. The van der Waals surface area contributed by atoms with Gasteiger partial charge < -0.3 is 14.8 Å². The Kier molecular flexibility index (Phi) is 7.06. The van der Waals surface area contributed by atoms with Gasteiger partial charge in [0.05, 0.1) is 0 Å². The number of hydrogen-bond donors (Lipinski definition) is 1. The van der Waals surface area contributed by atoms with Crippen LogP contribution in [0, 0.1) is 0 Å². The summed E-state index contributed by atoms with van der Waals surface area (Å²) in [4.78, 5) is 24.4. The number of anilines is 1. The molecule has 5 nitrogen and oxygen atoms in total. The van der Waals surface area contributed by atoms with Crippen molar-refractivity contribution in [2.45, 2.75) is 51.6 Å². The Morgan fingerprint density at radius 1 is 1.00 bits per heavy atom. The summed E-state index contributed by atoms with van der Waals surface area (Å²) < 4.78 is 10.9. The van der Waals surface area contributed by atoms with Crippen LogP contribution in [0.5, 0.6) is 5.75 Å². The van der Waals surface area contributed by atoms with E-state index in [9.17, 15) is 9.59 Å². The van der Waals surface area contributed by atoms with Gasteiger partial charge in [-0.1, -0.05) is 31.5 Å². The van der Waals surface area contributed by atoms with Crippen LogP contribution in [0.15, 0.2) is 48.5 Å². The zero-order valence-corrected chi connectivity index (χ0v) is 16.3. The minimum absolute atomic E-state index is 0.0296. The molecule has 0 unspecified atom stereocenters. The second-order valence-corrected chi connectivity index (χ2v) is 7.03. The zero-order chi connectivity index (χ0) is 19.8. The van der Waals surface area contributed by atoms with Gasteiger partial charge in [0.2, 0.25) is 0 Å². The van der Waals surface area contributed by atoms with E-state index in [-0.39, 0.29) is 24.6 Å².